The van der Waals surface area contributed by atoms with E-state index in [2.05, 4.69) is 39.8 Å². The summed E-state index contributed by atoms with van der Waals surface area (Å²) in [7, 11) is 0. The molecule has 1 unspecified atom stereocenters. The van der Waals surface area contributed by atoms with Crippen LogP contribution in [-0.4, -0.2) is 11.5 Å². The number of benzene rings is 1. The molecule has 0 fully saturated rings. The molecular weight excluding hydrogens is 226 g/mol. The molecule has 1 aromatic rings. The Balaban J connectivity index is 2.65. The van der Waals surface area contributed by atoms with Gasteiger partial charge in [0.1, 0.15) is 0 Å². The van der Waals surface area contributed by atoms with Gasteiger partial charge in [0.15, 0.2) is 0 Å². The third-order valence-corrected chi connectivity index (χ3v) is 4.22. The van der Waals surface area contributed by atoms with E-state index in [9.17, 15) is 0 Å². The number of nitrogens with two attached hydrogens (primary N) is 1. The van der Waals surface area contributed by atoms with Crippen molar-refractivity contribution >= 4 is 11.8 Å². The quantitative estimate of drug-likeness (QED) is 0.769. The van der Waals surface area contributed by atoms with Crippen LogP contribution in [0, 0.1) is 20.8 Å². The molecule has 0 bridgehead atoms. The first-order valence-electron chi connectivity index (χ1n) is 6.47. The highest BCUT2D eigenvalue weighted by Gasteiger charge is 2.12. The molecule has 0 aromatic heterocycles. The van der Waals surface area contributed by atoms with Gasteiger partial charge in [0.05, 0.1) is 0 Å². The summed E-state index contributed by atoms with van der Waals surface area (Å²) in [6.07, 6.45) is 2.56. The van der Waals surface area contributed by atoms with Gasteiger partial charge in [-0.1, -0.05) is 31.0 Å². The lowest BCUT2D eigenvalue weighted by Gasteiger charge is -2.18. The zero-order valence-electron chi connectivity index (χ0n) is 11.5. The van der Waals surface area contributed by atoms with Crippen molar-refractivity contribution in [2.24, 2.45) is 5.73 Å². The van der Waals surface area contributed by atoms with E-state index in [4.69, 9.17) is 5.73 Å². The molecule has 1 aromatic carbocycles. The number of rotatable bonds is 6. The molecule has 0 heterocycles. The number of aryl methyl sites for hydroxylation is 3. The standard InChI is InChI=1S/C15H25NS/c1-5-6-7-17-10-14(16)15-12(3)8-11(2)9-13(15)4/h8-9,14H,5-7,10,16H2,1-4H3. The summed E-state index contributed by atoms with van der Waals surface area (Å²) in [4.78, 5) is 0. The SMILES string of the molecule is CCCCSCC(N)c1c(C)cc(C)cc1C. The van der Waals surface area contributed by atoms with E-state index >= 15 is 0 Å². The van der Waals surface area contributed by atoms with E-state index in [-0.39, 0.29) is 6.04 Å². The van der Waals surface area contributed by atoms with E-state index in [0.717, 1.165) is 5.75 Å². The Kier molecular flexibility index (Phi) is 6.07. The molecule has 0 aliphatic heterocycles. The Morgan fingerprint density at radius 1 is 1.18 bits per heavy atom. The molecule has 1 nitrogen and oxygen atoms in total. The van der Waals surface area contributed by atoms with E-state index in [1.54, 1.807) is 0 Å². The smallest absolute Gasteiger partial charge is 0.0392 e. The van der Waals surface area contributed by atoms with Crippen LogP contribution < -0.4 is 5.73 Å². The van der Waals surface area contributed by atoms with Crippen molar-refractivity contribution in [1.82, 2.24) is 0 Å². The molecule has 0 spiro atoms. The normalized spacial score (nSPS) is 12.8. The van der Waals surface area contributed by atoms with Crippen LogP contribution in [-0.2, 0) is 0 Å². The van der Waals surface area contributed by atoms with Gasteiger partial charge in [-0.25, -0.2) is 0 Å². The lowest BCUT2D eigenvalue weighted by molar-refractivity contribution is 0.810. The van der Waals surface area contributed by atoms with Crippen LogP contribution in [0.25, 0.3) is 0 Å². The number of hydrogen-bond donors (Lipinski definition) is 1. The Labute approximate surface area is 110 Å². The Morgan fingerprint density at radius 2 is 1.76 bits per heavy atom. The number of hydrogen-bond acceptors (Lipinski definition) is 2. The third kappa shape index (κ3) is 4.36. The van der Waals surface area contributed by atoms with Crippen molar-refractivity contribution in [3.63, 3.8) is 0 Å². The van der Waals surface area contributed by atoms with Gasteiger partial charge in [0, 0.05) is 11.8 Å². The van der Waals surface area contributed by atoms with Crippen LogP contribution in [0.4, 0.5) is 0 Å². The van der Waals surface area contributed by atoms with Crippen LogP contribution in [0.3, 0.4) is 0 Å². The molecule has 2 N–H and O–H groups in total. The van der Waals surface area contributed by atoms with E-state index in [0.29, 0.717) is 0 Å². The average Bonchev–Trinajstić information content (AvgIpc) is 2.23. The summed E-state index contributed by atoms with van der Waals surface area (Å²) in [5.41, 5.74) is 11.7. The maximum atomic E-state index is 6.31. The lowest BCUT2D eigenvalue weighted by atomic mass is 9.95. The summed E-state index contributed by atoms with van der Waals surface area (Å²) in [5.74, 6) is 2.26. The molecule has 0 aliphatic rings. The highest BCUT2D eigenvalue weighted by Crippen LogP contribution is 2.24. The van der Waals surface area contributed by atoms with Gasteiger partial charge in [-0.05, 0) is 49.6 Å². The van der Waals surface area contributed by atoms with Crippen molar-refractivity contribution < 1.29 is 0 Å². The second-order valence-corrected chi connectivity index (χ2v) is 6.00. The van der Waals surface area contributed by atoms with Crippen molar-refractivity contribution in [1.29, 1.82) is 0 Å². The monoisotopic (exact) mass is 251 g/mol. The predicted molar refractivity (Wildman–Crippen MR) is 79.8 cm³/mol. The second kappa shape index (κ2) is 7.07. The number of thioether (sulfide) groups is 1. The summed E-state index contributed by atoms with van der Waals surface area (Å²) < 4.78 is 0. The largest absolute Gasteiger partial charge is 0.323 e. The third-order valence-electron chi connectivity index (χ3n) is 3.05. The van der Waals surface area contributed by atoms with Gasteiger partial charge < -0.3 is 5.73 Å². The molecule has 17 heavy (non-hydrogen) atoms. The fraction of sp³-hybridized carbons (Fsp3) is 0.600. The molecule has 0 saturated carbocycles. The summed E-state index contributed by atoms with van der Waals surface area (Å²) in [6.45, 7) is 8.72. The fourth-order valence-electron chi connectivity index (χ4n) is 2.32. The van der Waals surface area contributed by atoms with E-state index < -0.39 is 0 Å². The first-order valence-corrected chi connectivity index (χ1v) is 7.62. The highest BCUT2D eigenvalue weighted by molar-refractivity contribution is 7.99. The minimum absolute atomic E-state index is 0.178. The maximum absolute atomic E-state index is 6.31. The van der Waals surface area contributed by atoms with E-state index in [1.165, 1.54) is 40.8 Å². The first-order chi connectivity index (χ1) is 8.06. The number of unbranched alkanes of at least 4 members (excludes halogenated alkanes) is 1. The topological polar surface area (TPSA) is 26.0 Å². The van der Waals surface area contributed by atoms with Gasteiger partial charge in [-0.3, -0.25) is 0 Å². The van der Waals surface area contributed by atoms with Crippen molar-refractivity contribution in [2.75, 3.05) is 11.5 Å². The molecule has 0 radical (unpaired) electrons. The van der Waals surface area contributed by atoms with Gasteiger partial charge in [-0.15, -0.1) is 0 Å². The fourth-order valence-corrected chi connectivity index (χ4v) is 3.40. The summed E-state index contributed by atoms with van der Waals surface area (Å²) >= 11 is 1.98. The molecular formula is C15H25NS. The van der Waals surface area contributed by atoms with Crippen LogP contribution in [0.5, 0.6) is 0 Å². The lowest BCUT2D eigenvalue weighted by Crippen LogP contribution is -2.16. The van der Waals surface area contributed by atoms with Gasteiger partial charge >= 0.3 is 0 Å². The molecule has 1 atom stereocenters. The van der Waals surface area contributed by atoms with Crippen LogP contribution in [0.1, 0.15) is 48.1 Å². The van der Waals surface area contributed by atoms with Gasteiger partial charge in [-0.2, -0.15) is 11.8 Å². The van der Waals surface area contributed by atoms with Crippen LogP contribution in [0.15, 0.2) is 12.1 Å². The Hall–Kier alpha value is -0.470. The predicted octanol–water partition coefficient (Wildman–Crippen LogP) is 4.14. The first kappa shape index (κ1) is 14.6. The second-order valence-electron chi connectivity index (χ2n) is 4.85. The molecule has 0 aliphatic carbocycles. The van der Waals surface area contributed by atoms with Crippen LogP contribution >= 0.6 is 11.8 Å². The average molecular weight is 251 g/mol. The molecule has 96 valence electrons. The zero-order chi connectivity index (χ0) is 12.8. The molecule has 1 rings (SSSR count). The Morgan fingerprint density at radius 3 is 2.29 bits per heavy atom. The van der Waals surface area contributed by atoms with Crippen molar-refractivity contribution in [2.45, 2.75) is 46.6 Å². The molecule has 0 amide bonds. The molecule has 0 saturated heterocycles. The van der Waals surface area contributed by atoms with E-state index in [1.807, 2.05) is 11.8 Å². The minimum atomic E-state index is 0.178. The van der Waals surface area contributed by atoms with Gasteiger partial charge in [0.2, 0.25) is 0 Å². The van der Waals surface area contributed by atoms with Crippen LogP contribution in [0.2, 0.25) is 0 Å². The highest BCUT2D eigenvalue weighted by atomic mass is 32.2. The van der Waals surface area contributed by atoms with Crippen molar-refractivity contribution in [3.05, 3.63) is 34.4 Å². The minimum Gasteiger partial charge on any atom is -0.323 e. The van der Waals surface area contributed by atoms with Gasteiger partial charge in [0.25, 0.3) is 0 Å². The zero-order valence-corrected chi connectivity index (χ0v) is 12.4. The van der Waals surface area contributed by atoms with Crippen molar-refractivity contribution in [3.8, 4) is 0 Å². The summed E-state index contributed by atoms with van der Waals surface area (Å²) in [5, 5.41) is 0. The molecule has 2 heteroatoms. The summed E-state index contributed by atoms with van der Waals surface area (Å²) in [6, 6.07) is 4.65. The Bertz CT molecular complexity index is 337. The maximum Gasteiger partial charge on any atom is 0.0392 e.